The summed E-state index contributed by atoms with van der Waals surface area (Å²) in [6, 6.07) is 0.403. The van der Waals surface area contributed by atoms with Crippen LogP contribution in [0.1, 0.15) is 26.1 Å². The molecule has 1 aromatic heterocycles. The van der Waals surface area contributed by atoms with Gasteiger partial charge < -0.3 is 20.4 Å². The maximum atomic E-state index is 5.91. The number of methoxy groups -OCH3 is 1. The summed E-state index contributed by atoms with van der Waals surface area (Å²) in [5, 5.41) is 0. The third-order valence-corrected chi connectivity index (χ3v) is 2.76. The van der Waals surface area contributed by atoms with Crippen molar-refractivity contribution in [1.29, 1.82) is 0 Å². The van der Waals surface area contributed by atoms with Crippen molar-refractivity contribution < 1.29 is 4.74 Å². The molecule has 0 spiro atoms. The fourth-order valence-electron chi connectivity index (χ4n) is 1.66. The Morgan fingerprint density at radius 2 is 2.25 bits per heavy atom. The number of nitrogens with one attached hydrogen (secondary N) is 1. The van der Waals surface area contributed by atoms with E-state index in [1.165, 1.54) is 0 Å². The fraction of sp³-hybridized carbons (Fsp3) is 0.727. The van der Waals surface area contributed by atoms with Gasteiger partial charge in [0.1, 0.15) is 11.6 Å². The highest BCUT2D eigenvalue weighted by Crippen LogP contribution is 2.22. The number of hydrogen-bond donors (Lipinski definition) is 2. The number of aromatic nitrogens is 2. The van der Waals surface area contributed by atoms with E-state index in [0.717, 1.165) is 24.6 Å². The van der Waals surface area contributed by atoms with E-state index in [9.17, 15) is 0 Å². The van der Waals surface area contributed by atoms with Crippen LogP contribution in [-0.4, -0.2) is 36.3 Å². The number of aryl methyl sites for hydroxylation is 1. The molecule has 1 rings (SSSR count). The van der Waals surface area contributed by atoms with Crippen molar-refractivity contribution in [3.05, 3.63) is 5.82 Å². The number of nitrogens with two attached hydrogens (primary N) is 1. The first-order valence-electron chi connectivity index (χ1n) is 5.67. The highest BCUT2D eigenvalue weighted by Gasteiger charge is 2.18. The van der Waals surface area contributed by atoms with Crippen molar-refractivity contribution in [3.8, 4) is 0 Å². The van der Waals surface area contributed by atoms with Crippen LogP contribution in [-0.2, 0) is 4.74 Å². The van der Waals surface area contributed by atoms with Gasteiger partial charge in [0.05, 0.1) is 6.61 Å². The van der Waals surface area contributed by atoms with Gasteiger partial charge in [-0.25, -0.2) is 4.98 Å². The molecular weight excluding hydrogens is 204 g/mol. The molecular formula is C11H22N4O. The number of ether oxygens (including phenoxy) is 1. The van der Waals surface area contributed by atoms with E-state index in [-0.39, 0.29) is 0 Å². The van der Waals surface area contributed by atoms with Gasteiger partial charge in [-0.15, -0.1) is 0 Å². The average molecular weight is 226 g/mol. The molecule has 1 atom stereocenters. The van der Waals surface area contributed by atoms with E-state index < -0.39 is 0 Å². The van der Waals surface area contributed by atoms with Gasteiger partial charge in [-0.05, 0) is 20.3 Å². The van der Waals surface area contributed by atoms with Crippen LogP contribution in [0.2, 0.25) is 0 Å². The number of nitrogen functional groups attached to an aromatic ring is 1. The van der Waals surface area contributed by atoms with Crippen LogP contribution in [0, 0.1) is 6.92 Å². The second-order valence-electron chi connectivity index (χ2n) is 4.00. The number of aromatic amines is 1. The maximum absolute atomic E-state index is 5.91. The summed E-state index contributed by atoms with van der Waals surface area (Å²) >= 11 is 0. The minimum atomic E-state index is 0.403. The van der Waals surface area contributed by atoms with Crippen molar-refractivity contribution in [1.82, 2.24) is 9.97 Å². The Morgan fingerprint density at radius 1 is 1.56 bits per heavy atom. The molecule has 0 aromatic carbocycles. The molecule has 0 fully saturated rings. The van der Waals surface area contributed by atoms with Crippen LogP contribution in [0.3, 0.4) is 0 Å². The molecule has 0 radical (unpaired) electrons. The standard InChI is InChI=1S/C11H22N4O/c1-5-8(2)15(6-7-16-4)11-10(12)13-9(3)14-11/h8H,5-7,12H2,1-4H3,(H,13,14). The van der Waals surface area contributed by atoms with Gasteiger partial charge in [-0.3, -0.25) is 0 Å². The third-order valence-electron chi connectivity index (χ3n) is 2.76. The molecule has 5 nitrogen and oxygen atoms in total. The van der Waals surface area contributed by atoms with Gasteiger partial charge >= 0.3 is 0 Å². The highest BCUT2D eigenvalue weighted by molar-refractivity contribution is 5.59. The number of nitrogens with zero attached hydrogens (tertiary/aromatic N) is 2. The van der Waals surface area contributed by atoms with Crippen LogP contribution in [0.5, 0.6) is 0 Å². The van der Waals surface area contributed by atoms with E-state index in [0.29, 0.717) is 18.5 Å². The molecule has 5 heteroatoms. The molecule has 0 amide bonds. The fourth-order valence-corrected chi connectivity index (χ4v) is 1.66. The van der Waals surface area contributed by atoms with Crippen molar-refractivity contribution in [2.24, 2.45) is 0 Å². The lowest BCUT2D eigenvalue weighted by Gasteiger charge is -2.28. The lowest BCUT2D eigenvalue weighted by Crippen LogP contribution is -2.36. The molecule has 92 valence electrons. The number of imidazole rings is 1. The normalized spacial score (nSPS) is 12.8. The summed E-state index contributed by atoms with van der Waals surface area (Å²) in [5.41, 5.74) is 5.91. The number of H-pyrrole nitrogens is 1. The lowest BCUT2D eigenvalue weighted by molar-refractivity contribution is 0.203. The van der Waals surface area contributed by atoms with E-state index >= 15 is 0 Å². The first-order valence-corrected chi connectivity index (χ1v) is 5.67. The quantitative estimate of drug-likeness (QED) is 0.772. The lowest BCUT2D eigenvalue weighted by atomic mass is 10.2. The zero-order valence-electron chi connectivity index (χ0n) is 10.6. The summed E-state index contributed by atoms with van der Waals surface area (Å²) in [6.07, 6.45) is 1.05. The Labute approximate surface area is 97.0 Å². The molecule has 0 aliphatic heterocycles. The summed E-state index contributed by atoms with van der Waals surface area (Å²) in [5.74, 6) is 2.32. The smallest absolute Gasteiger partial charge is 0.171 e. The van der Waals surface area contributed by atoms with Crippen LogP contribution < -0.4 is 10.6 Å². The SMILES string of the molecule is CCC(C)N(CCOC)c1nc(C)[nH]c1N. The average Bonchev–Trinajstić information content (AvgIpc) is 2.58. The Morgan fingerprint density at radius 3 is 2.69 bits per heavy atom. The highest BCUT2D eigenvalue weighted by atomic mass is 16.5. The molecule has 0 aliphatic carbocycles. The first-order chi connectivity index (χ1) is 7.60. The van der Waals surface area contributed by atoms with Crippen molar-refractivity contribution in [2.45, 2.75) is 33.2 Å². The molecule has 0 aliphatic rings. The van der Waals surface area contributed by atoms with Crippen molar-refractivity contribution in [2.75, 3.05) is 30.9 Å². The largest absolute Gasteiger partial charge is 0.383 e. The second-order valence-corrected chi connectivity index (χ2v) is 4.00. The Kier molecular flexibility index (Phi) is 4.61. The summed E-state index contributed by atoms with van der Waals surface area (Å²) in [4.78, 5) is 9.63. The zero-order chi connectivity index (χ0) is 12.1. The van der Waals surface area contributed by atoms with Crippen LogP contribution >= 0.6 is 0 Å². The summed E-state index contributed by atoms with van der Waals surface area (Å²) < 4.78 is 5.11. The maximum Gasteiger partial charge on any atom is 0.171 e. The Balaban J connectivity index is 2.86. The van der Waals surface area contributed by atoms with Crippen LogP contribution in [0.4, 0.5) is 11.6 Å². The molecule has 3 N–H and O–H groups in total. The van der Waals surface area contributed by atoms with Gasteiger partial charge in [0.15, 0.2) is 5.82 Å². The predicted octanol–water partition coefficient (Wildman–Crippen LogP) is 1.55. The van der Waals surface area contributed by atoms with E-state index in [2.05, 4.69) is 28.7 Å². The van der Waals surface area contributed by atoms with Gasteiger partial charge in [-0.2, -0.15) is 0 Å². The first kappa shape index (κ1) is 12.8. The molecule has 0 bridgehead atoms. The van der Waals surface area contributed by atoms with E-state index in [4.69, 9.17) is 10.5 Å². The molecule has 1 heterocycles. The number of anilines is 2. The summed E-state index contributed by atoms with van der Waals surface area (Å²) in [6.45, 7) is 7.71. The summed E-state index contributed by atoms with van der Waals surface area (Å²) in [7, 11) is 1.70. The van der Waals surface area contributed by atoms with Gasteiger partial charge in [0, 0.05) is 19.7 Å². The van der Waals surface area contributed by atoms with E-state index in [1.807, 2.05) is 6.92 Å². The van der Waals surface area contributed by atoms with Crippen LogP contribution in [0.15, 0.2) is 0 Å². The van der Waals surface area contributed by atoms with Gasteiger partial charge in [0.2, 0.25) is 0 Å². The molecule has 1 aromatic rings. The minimum absolute atomic E-state index is 0.403. The number of rotatable bonds is 6. The molecule has 0 saturated carbocycles. The number of hydrogen-bond acceptors (Lipinski definition) is 4. The third kappa shape index (κ3) is 2.88. The van der Waals surface area contributed by atoms with Gasteiger partial charge in [0.25, 0.3) is 0 Å². The molecule has 0 saturated heterocycles. The predicted molar refractivity (Wildman–Crippen MR) is 66.7 cm³/mol. The zero-order valence-corrected chi connectivity index (χ0v) is 10.6. The van der Waals surface area contributed by atoms with Crippen molar-refractivity contribution in [3.63, 3.8) is 0 Å². The van der Waals surface area contributed by atoms with Gasteiger partial charge in [-0.1, -0.05) is 6.92 Å². The molecule has 16 heavy (non-hydrogen) atoms. The van der Waals surface area contributed by atoms with E-state index in [1.54, 1.807) is 7.11 Å². The Bertz CT molecular complexity index is 324. The Hall–Kier alpha value is -1.23. The topological polar surface area (TPSA) is 67.2 Å². The van der Waals surface area contributed by atoms with Crippen molar-refractivity contribution >= 4 is 11.6 Å². The molecule has 1 unspecified atom stereocenters. The minimum Gasteiger partial charge on any atom is -0.383 e. The monoisotopic (exact) mass is 226 g/mol. The van der Waals surface area contributed by atoms with Crippen LogP contribution in [0.25, 0.3) is 0 Å². The second kappa shape index (κ2) is 5.75.